The Morgan fingerprint density at radius 3 is 2.55 bits per heavy atom. The maximum atomic E-state index is 2.42. The molecule has 0 aromatic heterocycles. The van der Waals surface area contributed by atoms with Crippen molar-refractivity contribution < 1.29 is 0 Å². The van der Waals surface area contributed by atoms with E-state index in [0.29, 0.717) is 0 Å². The van der Waals surface area contributed by atoms with E-state index in [1.165, 1.54) is 19.6 Å². The van der Waals surface area contributed by atoms with Gasteiger partial charge in [0.2, 0.25) is 0 Å². The van der Waals surface area contributed by atoms with Crippen molar-refractivity contribution in [1.82, 2.24) is 6.23 Å². The highest BCUT2D eigenvalue weighted by Crippen LogP contribution is 2.26. The van der Waals surface area contributed by atoms with Crippen molar-refractivity contribution >= 4 is 45.7 Å². The van der Waals surface area contributed by atoms with Gasteiger partial charge < -0.3 is 0 Å². The third-order valence-corrected chi connectivity index (χ3v) is 3.39. The van der Waals surface area contributed by atoms with Crippen LogP contribution in [0.25, 0.3) is 0 Å². The Bertz CT molecular complexity index is 130. The maximum absolute atomic E-state index is 2.42. The molecule has 2 nitrogen and oxygen atoms in total. The number of rotatable bonds is 2. The van der Waals surface area contributed by atoms with Gasteiger partial charge in [-0.25, -0.2) is 3.11 Å². The number of hydrogen-bond donors (Lipinski definition) is 0. The van der Waals surface area contributed by atoms with Crippen LogP contribution < -0.4 is 0 Å². The highest BCUT2D eigenvalue weighted by Gasteiger charge is 2.28. The van der Waals surface area contributed by atoms with E-state index < -0.39 is 0 Å². The molecule has 1 rings (SSSR count). The lowest BCUT2D eigenvalue weighted by molar-refractivity contribution is 0.385. The second-order valence-corrected chi connectivity index (χ2v) is 6.36. The molecular weight excluding hydrogens is 366 g/mol. The lowest BCUT2D eigenvalue weighted by Crippen LogP contribution is -2.22. The summed E-state index contributed by atoms with van der Waals surface area (Å²) in [5.41, 5.74) is 0. The molecule has 2 atom stereocenters. The van der Waals surface area contributed by atoms with Gasteiger partial charge in [-0.3, -0.25) is 3.11 Å². The Kier molecular flexibility index (Phi) is 4.35. The molecule has 4 heteroatoms. The lowest BCUT2D eigenvalue weighted by Gasteiger charge is -2.17. The topological polar surface area (TPSA) is 6.48 Å². The van der Waals surface area contributed by atoms with Gasteiger partial charge in [0.1, 0.15) is 0 Å². The highest BCUT2D eigenvalue weighted by molar-refractivity contribution is 14.1. The SMILES string of the molecule is CC1CN(I)CC1CN(C)I. The first kappa shape index (κ1) is 10.5. The average molecular weight is 380 g/mol. The van der Waals surface area contributed by atoms with E-state index in [1.54, 1.807) is 0 Å². The maximum Gasteiger partial charge on any atom is 0.0201 e. The van der Waals surface area contributed by atoms with Gasteiger partial charge in [0.25, 0.3) is 0 Å². The molecule has 0 N–H and O–H groups in total. The van der Waals surface area contributed by atoms with Crippen LogP contribution in [0, 0.1) is 11.8 Å². The summed E-state index contributed by atoms with van der Waals surface area (Å²) in [6.07, 6.45) is 0. The van der Waals surface area contributed by atoms with Crippen molar-refractivity contribution in [2.45, 2.75) is 6.92 Å². The molecule has 0 aliphatic carbocycles. The van der Waals surface area contributed by atoms with E-state index in [0.717, 1.165) is 11.8 Å². The molecule has 1 heterocycles. The first-order chi connectivity index (χ1) is 5.09. The smallest absolute Gasteiger partial charge is 0.0201 e. The Labute approximate surface area is 96.7 Å². The summed E-state index contributed by atoms with van der Waals surface area (Å²) in [5.74, 6) is 1.73. The van der Waals surface area contributed by atoms with Gasteiger partial charge in [-0.1, -0.05) is 6.92 Å². The fourth-order valence-corrected chi connectivity index (χ4v) is 3.16. The third kappa shape index (κ3) is 3.31. The Hall–Kier alpha value is 1.38. The Morgan fingerprint density at radius 1 is 1.55 bits per heavy atom. The highest BCUT2D eigenvalue weighted by atomic mass is 127. The van der Waals surface area contributed by atoms with E-state index in [-0.39, 0.29) is 0 Å². The summed E-state index contributed by atoms with van der Waals surface area (Å²) in [4.78, 5) is 0. The second kappa shape index (κ2) is 4.57. The molecule has 1 saturated heterocycles. The fraction of sp³-hybridized carbons (Fsp3) is 1.00. The van der Waals surface area contributed by atoms with E-state index in [9.17, 15) is 0 Å². The quantitative estimate of drug-likeness (QED) is 0.536. The van der Waals surface area contributed by atoms with Crippen LogP contribution >= 0.6 is 45.7 Å². The van der Waals surface area contributed by atoms with Crippen LogP contribution in [-0.4, -0.2) is 32.9 Å². The van der Waals surface area contributed by atoms with Gasteiger partial charge in [-0.15, -0.1) is 0 Å². The molecule has 0 amide bonds. The molecule has 1 aliphatic rings. The van der Waals surface area contributed by atoms with Crippen molar-refractivity contribution in [3.05, 3.63) is 0 Å². The number of halogens is 2. The molecule has 0 radical (unpaired) electrons. The van der Waals surface area contributed by atoms with E-state index in [2.05, 4.69) is 65.9 Å². The van der Waals surface area contributed by atoms with Crippen molar-refractivity contribution in [3.8, 4) is 0 Å². The zero-order valence-corrected chi connectivity index (χ0v) is 11.2. The fourth-order valence-electron chi connectivity index (χ4n) is 1.53. The molecule has 1 aliphatic heterocycles. The number of hydrogen-bond acceptors (Lipinski definition) is 2. The van der Waals surface area contributed by atoms with E-state index >= 15 is 0 Å². The minimum atomic E-state index is 0.865. The molecule has 0 aromatic carbocycles. The molecule has 0 aromatic rings. The monoisotopic (exact) mass is 380 g/mol. The lowest BCUT2D eigenvalue weighted by atomic mass is 9.98. The number of nitrogens with zero attached hydrogens (tertiary/aromatic N) is 2. The van der Waals surface area contributed by atoms with E-state index in [4.69, 9.17) is 0 Å². The van der Waals surface area contributed by atoms with Gasteiger partial charge in [-0.05, 0) is 18.9 Å². The summed E-state index contributed by atoms with van der Waals surface area (Å²) in [6.45, 7) is 6.09. The summed E-state index contributed by atoms with van der Waals surface area (Å²) >= 11 is 4.78. The van der Waals surface area contributed by atoms with Gasteiger partial charge in [-0.2, -0.15) is 0 Å². The van der Waals surface area contributed by atoms with Crippen molar-refractivity contribution in [2.24, 2.45) is 11.8 Å². The normalized spacial score (nSPS) is 33.5. The van der Waals surface area contributed by atoms with Gasteiger partial charge in [0.15, 0.2) is 0 Å². The summed E-state index contributed by atoms with van der Waals surface area (Å²) in [6, 6.07) is 0. The zero-order chi connectivity index (χ0) is 8.43. The second-order valence-electron chi connectivity index (χ2n) is 3.35. The largest absolute Gasteiger partial charge is 0.250 e. The van der Waals surface area contributed by atoms with Crippen molar-refractivity contribution in [1.29, 1.82) is 0 Å². The Morgan fingerprint density at radius 2 is 2.18 bits per heavy atom. The molecule has 0 bridgehead atoms. The predicted octanol–water partition coefficient (Wildman–Crippen LogP) is 2.19. The summed E-state index contributed by atoms with van der Waals surface area (Å²) in [5, 5.41) is 0. The predicted molar refractivity (Wildman–Crippen MR) is 64.9 cm³/mol. The first-order valence-corrected chi connectivity index (χ1v) is 5.80. The molecule has 2 unspecified atom stereocenters. The van der Waals surface area contributed by atoms with Crippen LogP contribution in [0.4, 0.5) is 0 Å². The zero-order valence-electron chi connectivity index (χ0n) is 6.93. The molecule has 66 valence electrons. The standard InChI is InChI=1S/C7H14I2N2/c1-6-3-11(9)5-7(6)4-10(2)8/h6-7H,3-5H2,1-2H3. The van der Waals surface area contributed by atoms with E-state index in [1.807, 2.05) is 0 Å². The van der Waals surface area contributed by atoms with Crippen LogP contribution in [-0.2, 0) is 0 Å². The first-order valence-electron chi connectivity index (χ1n) is 3.87. The molecule has 0 saturated carbocycles. The summed E-state index contributed by atoms with van der Waals surface area (Å²) < 4.78 is 4.65. The molecular formula is C7H14I2N2. The summed E-state index contributed by atoms with van der Waals surface area (Å²) in [7, 11) is 2.14. The minimum Gasteiger partial charge on any atom is -0.250 e. The van der Waals surface area contributed by atoms with Gasteiger partial charge in [0, 0.05) is 65.4 Å². The Balaban J connectivity index is 2.34. The molecule has 1 fully saturated rings. The van der Waals surface area contributed by atoms with Gasteiger partial charge in [0.05, 0.1) is 0 Å². The van der Waals surface area contributed by atoms with Crippen LogP contribution in [0.1, 0.15) is 6.92 Å². The van der Waals surface area contributed by atoms with Crippen LogP contribution in [0.3, 0.4) is 0 Å². The molecule has 0 spiro atoms. The third-order valence-electron chi connectivity index (χ3n) is 2.21. The average Bonchev–Trinajstić information content (AvgIpc) is 2.09. The van der Waals surface area contributed by atoms with Crippen LogP contribution in [0.2, 0.25) is 0 Å². The van der Waals surface area contributed by atoms with Crippen molar-refractivity contribution in [2.75, 3.05) is 26.7 Å². The van der Waals surface area contributed by atoms with Crippen LogP contribution in [0.15, 0.2) is 0 Å². The molecule has 11 heavy (non-hydrogen) atoms. The van der Waals surface area contributed by atoms with Gasteiger partial charge >= 0.3 is 0 Å². The van der Waals surface area contributed by atoms with Crippen LogP contribution in [0.5, 0.6) is 0 Å². The van der Waals surface area contributed by atoms with Crippen molar-refractivity contribution in [3.63, 3.8) is 0 Å². The minimum absolute atomic E-state index is 0.865.